The molecule has 258 valence electrons. The van der Waals surface area contributed by atoms with Crippen molar-refractivity contribution >= 4 is 65.3 Å². The fourth-order valence-electron chi connectivity index (χ4n) is 5.01. The lowest BCUT2D eigenvalue weighted by Crippen LogP contribution is -2.24. The summed E-state index contributed by atoms with van der Waals surface area (Å²) >= 11 is 0. The van der Waals surface area contributed by atoms with Crippen molar-refractivity contribution in [2.24, 2.45) is 0 Å². The smallest absolute Gasteiger partial charge is 0.354 e. The topological polar surface area (TPSA) is 153 Å². The fraction of sp³-hybridized carbons (Fsp3) is 0.179. The first-order valence-electron chi connectivity index (χ1n) is 13.1. The van der Waals surface area contributed by atoms with Gasteiger partial charge in [-0.3, -0.25) is 0 Å². The van der Waals surface area contributed by atoms with Crippen molar-refractivity contribution in [2.75, 3.05) is 13.1 Å². The van der Waals surface area contributed by atoms with E-state index in [9.17, 15) is 56.3 Å². The van der Waals surface area contributed by atoms with E-state index in [1.807, 2.05) is 26.3 Å². The van der Waals surface area contributed by atoms with Crippen molar-refractivity contribution in [3.05, 3.63) is 52.3 Å². The van der Waals surface area contributed by atoms with Gasteiger partial charge in [-0.05, 0) is 36.4 Å². The van der Waals surface area contributed by atoms with Crippen molar-refractivity contribution in [2.45, 2.75) is 28.3 Å². The number of hydrogen-bond donors (Lipinski definition) is 5. The van der Waals surface area contributed by atoms with Crippen molar-refractivity contribution in [1.82, 2.24) is 29.4 Å². The molecule has 0 amide bonds. The van der Waals surface area contributed by atoms with Gasteiger partial charge in [0.25, 0.3) is 0 Å². The second-order valence-corrected chi connectivity index (χ2v) is 13.5. The number of terminal acetylenes is 2. The van der Waals surface area contributed by atoms with E-state index >= 15 is 0 Å². The molecule has 0 spiro atoms. The standard InChI is InChI=1S/C28H17F9N6O4S2/c1-3-9-38-48(44,45)19-11-17-22(27(32,33)34)15-7-5-13(40-15)21(26(29,30)31)14-6-8-16(41-14)23(28(35,36)37)18-12-20(25(43-18)24(19)42-17)49(46,47)39-10-4-2/h1-2,5-8,11-12,38-40,42-43H,9-10H2. The van der Waals surface area contributed by atoms with E-state index in [1.165, 1.54) is 0 Å². The molecule has 8 bridgehead atoms. The summed E-state index contributed by atoms with van der Waals surface area (Å²) in [4.78, 5) is 7.36. The van der Waals surface area contributed by atoms with E-state index in [-0.39, 0.29) is 0 Å². The van der Waals surface area contributed by atoms with Gasteiger partial charge in [0.1, 0.15) is 26.5 Å². The molecule has 0 fully saturated rings. The summed E-state index contributed by atoms with van der Waals surface area (Å²) in [6.07, 6.45) is -5.04. The van der Waals surface area contributed by atoms with Crippen LogP contribution in [-0.4, -0.2) is 49.9 Å². The quantitative estimate of drug-likeness (QED) is 0.114. The first kappa shape index (κ1) is 35.3. The molecule has 1 aliphatic heterocycles. The molecule has 0 unspecified atom stereocenters. The SMILES string of the molecule is C#CCNS(=O)(=O)c1cc2[nH]c1c1[nH]c(cc1S(=O)(=O)NCC#C)c(C(F)(F)F)c1ccc([nH]1)c(C(F)(F)F)c1nc(c2C(F)(F)F)C=C1. The molecular formula is C28H17F9N6O4S2. The Bertz CT molecular complexity index is 2470. The number of nitrogens with one attached hydrogen (secondary N) is 5. The Morgan fingerprint density at radius 3 is 1.37 bits per heavy atom. The zero-order chi connectivity index (χ0) is 36.3. The number of fused-ring (bicyclic) bond motifs is 9. The Morgan fingerprint density at radius 1 is 0.612 bits per heavy atom. The molecule has 4 aromatic heterocycles. The summed E-state index contributed by atoms with van der Waals surface area (Å²) in [5.41, 5.74) is -14.0. The molecule has 49 heavy (non-hydrogen) atoms. The van der Waals surface area contributed by atoms with Gasteiger partial charge in [-0.15, -0.1) is 12.8 Å². The first-order valence-corrected chi connectivity index (χ1v) is 16.1. The maximum atomic E-state index is 14.7. The van der Waals surface area contributed by atoms with Crippen LogP contribution in [0.25, 0.3) is 45.3 Å². The Labute approximate surface area is 269 Å². The molecule has 0 atom stereocenters. The van der Waals surface area contributed by atoms with Crippen molar-refractivity contribution < 1.29 is 56.3 Å². The molecule has 5 heterocycles. The van der Waals surface area contributed by atoms with E-state index in [4.69, 9.17) is 12.8 Å². The summed E-state index contributed by atoms with van der Waals surface area (Å²) in [5, 5.41) is 0. The molecule has 10 nitrogen and oxygen atoms in total. The molecule has 21 heteroatoms. The molecule has 4 aromatic rings. The minimum Gasteiger partial charge on any atom is -0.354 e. The highest BCUT2D eigenvalue weighted by Gasteiger charge is 2.41. The number of hydrogen-bond acceptors (Lipinski definition) is 5. The van der Waals surface area contributed by atoms with Crippen LogP contribution < -0.4 is 9.44 Å². The predicted molar refractivity (Wildman–Crippen MR) is 158 cm³/mol. The van der Waals surface area contributed by atoms with Crippen LogP contribution in [0.1, 0.15) is 28.1 Å². The molecule has 0 saturated carbocycles. The summed E-state index contributed by atoms with van der Waals surface area (Å²) in [6.45, 7) is -1.48. The maximum Gasteiger partial charge on any atom is 0.420 e. The van der Waals surface area contributed by atoms with Gasteiger partial charge < -0.3 is 15.0 Å². The van der Waals surface area contributed by atoms with E-state index < -0.39 is 123 Å². The van der Waals surface area contributed by atoms with Crippen molar-refractivity contribution in [3.8, 4) is 24.7 Å². The van der Waals surface area contributed by atoms with Gasteiger partial charge >= 0.3 is 18.5 Å². The Hall–Kier alpha value is -4.96. The van der Waals surface area contributed by atoms with E-state index in [0.29, 0.717) is 36.4 Å². The third kappa shape index (κ3) is 6.57. The predicted octanol–water partition coefficient (Wildman–Crippen LogP) is 5.58. The zero-order valence-corrected chi connectivity index (χ0v) is 25.5. The number of H-pyrrole nitrogens is 3. The summed E-state index contributed by atoms with van der Waals surface area (Å²) < 4.78 is 188. The summed E-state index contributed by atoms with van der Waals surface area (Å²) in [6, 6.07) is 1.86. The molecule has 0 aromatic carbocycles. The fourth-order valence-corrected chi connectivity index (χ4v) is 7.26. The molecule has 5 N–H and O–H groups in total. The van der Waals surface area contributed by atoms with Crippen LogP contribution >= 0.6 is 0 Å². The number of sulfonamides is 2. The number of halogens is 9. The summed E-state index contributed by atoms with van der Waals surface area (Å²) in [5.74, 6) is 3.83. The van der Waals surface area contributed by atoms with Crippen LogP contribution in [0.3, 0.4) is 0 Å². The van der Waals surface area contributed by atoms with Gasteiger partial charge in [0, 0.05) is 0 Å². The molecule has 1 aliphatic rings. The number of aromatic amines is 3. The monoisotopic (exact) mass is 736 g/mol. The molecule has 0 aliphatic carbocycles. The lowest BCUT2D eigenvalue weighted by atomic mass is 10.2. The largest absolute Gasteiger partial charge is 0.420 e. The number of alkyl halides is 9. The molecule has 0 saturated heterocycles. The second kappa shape index (κ2) is 11.9. The minimum atomic E-state index is -5.47. The minimum absolute atomic E-state index is 0.349. The number of rotatable bonds is 6. The van der Waals surface area contributed by atoms with Crippen LogP contribution in [0.4, 0.5) is 39.5 Å². The van der Waals surface area contributed by atoms with E-state index in [2.05, 4.69) is 15.0 Å². The number of aromatic nitrogens is 4. The summed E-state index contributed by atoms with van der Waals surface area (Å²) in [7, 11) is -9.99. The first-order chi connectivity index (χ1) is 22.6. The van der Waals surface area contributed by atoms with E-state index in [0.717, 1.165) is 0 Å². The molecular weight excluding hydrogens is 719 g/mol. The van der Waals surface area contributed by atoms with Gasteiger partial charge in [-0.1, -0.05) is 11.8 Å². The van der Waals surface area contributed by atoms with Gasteiger partial charge in [0.2, 0.25) is 20.0 Å². The van der Waals surface area contributed by atoms with Crippen LogP contribution in [0.15, 0.2) is 34.1 Å². The normalized spacial score (nSPS) is 13.5. The van der Waals surface area contributed by atoms with Gasteiger partial charge in [0.15, 0.2) is 0 Å². The highest BCUT2D eigenvalue weighted by molar-refractivity contribution is 7.90. The average molecular weight is 737 g/mol. The van der Waals surface area contributed by atoms with Crippen LogP contribution in [0.2, 0.25) is 0 Å². The third-order valence-corrected chi connectivity index (χ3v) is 9.74. The highest BCUT2D eigenvalue weighted by Crippen LogP contribution is 2.42. The van der Waals surface area contributed by atoms with Crippen molar-refractivity contribution in [3.63, 3.8) is 0 Å². The molecule has 5 rings (SSSR count). The zero-order valence-electron chi connectivity index (χ0n) is 23.8. The lowest BCUT2D eigenvalue weighted by Gasteiger charge is -2.09. The lowest BCUT2D eigenvalue weighted by molar-refractivity contribution is -0.137. The Kier molecular flexibility index (Phi) is 8.57. The molecule has 0 radical (unpaired) electrons. The van der Waals surface area contributed by atoms with E-state index in [1.54, 1.807) is 0 Å². The second-order valence-electron chi connectivity index (χ2n) is 10.0. The number of nitrogens with zero attached hydrogens (tertiary/aromatic N) is 1. The Morgan fingerprint density at radius 2 is 0.980 bits per heavy atom. The third-order valence-electron chi connectivity index (χ3n) is 6.89. The highest BCUT2D eigenvalue weighted by atomic mass is 32.2. The average Bonchev–Trinajstić information content (AvgIpc) is 3.76. The van der Waals surface area contributed by atoms with Gasteiger partial charge in [0.05, 0.1) is 57.6 Å². The maximum absolute atomic E-state index is 14.7. The van der Waals surface area contributed by atoms with Crippen molar-refractivity contribution in [1.29, 1.82) is 0 Å². The van der Waals surface area contributed by atoms with Crippen LogP contribution in [0, 0.1) is 24.7 Å². The van der Waals surface area contributed by atoms with Crippen LogP contribution in [-0.2, 0) is 38.6 Å². The van der Waals surface area contributed by atoms with Crippen LogP contribution in [0.5, 0.6) is 0 Å². The Balaban J connectivity index is 2.20. The van der Waals surface area contributed by atoms with Gasteiger partial charge in [-0.2, -0.15) is 49.0 Å². The van der Waals surface area contributed by atoms with Gasteiger partial charge in [-0.25, -0.2) is 21.8 Å².